The van der Waals surface area contributed by atoms with Crippen LogP contribution in [-0.2, 0) is 5.60 Å². The van der Waals surface area contributed by atoms with E-state index in [2.05, 4.69) is 43.6 Å². The van der Waals surface area contributed by atoms with Gasteiger partial charge in [-0.2, -0.15) is 0 Å². The smallest absolute Gasteiger partial charge is 0.129 e. The van der Waals surface area contributed by atoms with Gasteiger partial charge in [0.25, 0.3) is 0 Å². The molecule has 19 heavy (non-hydrogen) atoms. The van der Waals surface area contributed by atoms with Crippen LogP contribution in [0.3, 0.4) is 0 Å². The van der Waals surface area contributed by atoms with E-state index in [-0.39, 0.29) is 16.6 Å². The highest BCUT2D eigenvalue weighted by Crippen LogP contribution is 2.54. The molecule has 1 fully saturated rings. The summed E-state index contributed by atoms with van der Waals surface area (Å²) in [6.45, 7) is 8.59. The zero-order chi connectivity index (χ0) is 14.5. The quantitative estimate of drug-likeness (QED) is 0.768. The molecule has 1 aliphatic carbocycles. The van der Waals surface area contributed by atoms with Crippen LogP contribution in [0.25, 0.3) is 0 Å². The van der Waals surface area contributed by atoms with E-state index in [1.807, 2.05) is 0 Å². The minimum absolute atomic E-state index is 0.00522. The predicted octanol–water partition coefficient (Wildman–Crippen LogP) is 5.01. The Morgan fingerprint density at radius 1 is 1.05 bits per heavy atom. The van der Waals surface area contributed by atoms with E-state index in [9.17, 15) is 9.50 Å². The zero-order valence-corrected chi connectivity index (χ0v) is 13.6. The maximum Gasteiger partial charge on any atom is 0.129 e. The molecule has 0 saturated heterocycles. The van der Waals surface area contributed by atoms with Crippen LogP contribution in [0, 0.1) is 16.6 Å². The van der Waals surface area contributed by atoms with Gasteiger partial charge in [-0.1, -0.05) is 43.6 Å². The average Bonchev–Trinajstić information content (AvgIpc) is 2.16. The van der Waals surface area contributed by atoms with Crippen molar-refractivity contribution in [1.82, 2.24) is 0 Å². The van der Waals surface area contributed by atoms with Crippen molar-refractivity contribution in [3.8, 4) is 0 Å². The first-order valence-corrected chi connectivity index (χ1v) is 7.50. The third kappa shape index (κ3) is 3.19. The number of halogens is 2. The molecule has 0 aliphatic heterocycles. The lowest BCUT2D eigenvalue weighted by molar-refractivity contribution is -0.0931. The summed E-state index contributed by atoms with van der Waals surface area (Å²) >= 11 is 3.37. The molecule has 0 heterocycles. The predicted molar refractivity (Wildman–Crippen MR) is 79.4 cm³/mol. The molecule has 3 heteroatoms. The first-order valence-electron chi connectivity index (χ1n) is 6.71. The van der Waals surface area contributed by atoms with Gasteiger partial charge in [0.1, 0.15) is 5.82 Å². The van der Waals surface area contributed by atoms with Crippen LogP contribution in [0.15, 0.2) is 22.7 Å². The minimum Gasteiger partial charge on any atom is -0.385 e. The average molecular weight is 329 g/mol. The van der Waals surface area contributed by atoms with Crippen molar-refractivity contribution in [3.05, 3.63) is 34.1 Å². The van der Waals surface area contributed by atoms with Crippen LogP contribution in [0.1, 0.15) is 52.5 Å². The summed E-state index contributed by atoms with van der Waals surface area (Å²) in [5.41, 5.74) is -0.655. The second-order valence-corrected chi connectivity index (χ2v) is 8.43. The summed E-state index contributed by atoms with van der Waals surface area (Å²) in [5.74, 6) is -0.320. The van der Waals surface area contributed by atoms with E-state index < -0.39 is 5.60 Å². The Morgan fingerprint density at radius 2 is 1.58 bits per heavy atom. The lowest BCUT2D eigenvalue weighted by Crippen LogP contribution is -2.44. The fourth-order valence-electron chi connectivity index (χ4n) is 4.11. The molecule has 0 amide bonds. The van der Waals surface area contributed by atoms with Crippen molar-refractivity contribution in [1.29, 1.82) is 0 Å². The molecule has 0 aromatic heterocycles. The molecule has 1 aromatic rings. The van der Waals surface area contributed by atoms with Crippen LogP contribution in [0.5, 0.6) is 0 Å². The Bertz CT molecular complexity index is 478. The number of hydrogen-bond donors (Lipinski definition) is 1. The molecule has 1 aliphatic rings. The van der Waals surface area contributed by atoms with Gasteiger partial charge in [-0.25, -0.2) is 4.39 Å². The van der Waals surface area contributed by atoms with Crippen LogP contribution in [-0.4, -0.2) is 5.11 Å². The number of rotatable bonds is 1. The van der Waals surface area contributed by atoms with Gasteiger partial charge in [0, 0.05) is 10.0 Å². The Kier molecular flexibility index (Phi) is 3.60. The van der Waals surface area contributed by atoms with Crippen LogP contribution < -0.4 is 0 Å². The van der Waals surface area contributed by atoms with Gasteiger partial charge in [-0.3, -0.25) is 0 Å². The molecule has 0 atom stereocenters. The molecule has 1 N–H and O–H groups in total. The van der Waals surface area contributed by atoms with E-state index in [0.717, 1.165) is 10.9 Å². The van der Waals surface area contributed by atoms with Crippen molar-refractivity contribution in [2.24, 2.45) is 10.8 Å². The Hall–Kier alpha value is -0.410. The summed E-state index contributed by atoms with van der Waals surface area (Å²) in [4.78, 5) is 0. The lowest BCUT2D eigenvalue weighted by Gasteiger charge is -2.49. The van der Waals surface area contributed by atoms with Gasteiger partial charge >= 0.3 is 0 Å². The second kappa shape index (κ2) is 4.56. The van der Waals surface area contributed by atoms with Crippen molar-refractivity contribution in [3.63, 3.8) is 0 Å². The number of aliphatic hydroxyl groups is 1. The van der Waals surface area contributed by atoms with Gasteiger partial charge in [-0.05, 0) is 48.3 Å². The van der Waals surface area contributed by atoms with Crippen molar-refractivity contribution >= 4 is 15.9 Å². The maximum absolute atomic E-state index is 14.1. The molecule has 106 valence electrons. The Balaban J connectivity index is 2.49. The maximum atomic E-state index is 14.1. The minimum atomic E-state index is -1.08. The fraction of sp³-hybridized carbons (Fsp3) is 0.625. The number of hydrogen-bond acceptors (Lipinski definition) is 1. The normalized spacial score (nSPS) is 24.2. The number of benzene rings is 1. The molecule has 0 bridgehead atoms. The Labute approximate surface area is 123 Å². The second-order valence-electron chi connectivity index (χ2n) is 7.51. The lowest BCUT2D eigenvalue weighted by atomic mass is 9.58. The molecule has 0 radical (unpaired) electrons. The first kappa shape index (κ1) is 15.0. The van der Waals surface area contributed by atoms with Crippen LogP contribution >= 0.6 is 15.9 Å². The highest BCUT2D eigenvalue weighted by Gasteiger charge is 2.48. The van der Waals surface area contributed by atoms with E-state index in [1.54, 1.807) is 12.1 Å². The zero-order valence-electron chi connectivity index (χ0n) is 12.1. The largest absolute Gasteiger partial charge is 0.385 e. The van der Waals surface area contributed by atoms with E-state index in [4.69, 9.17) is 0 Å². The molecule has 0 unspecified atom stereocenters. The van der Waals surface area contributed by atoms with Crippen LogP contribution in [0.2, 0.25) is 0 Å². The molecule has 2 rings (SSSR count). The third-order valence-corrected chi connectivity index (χ3v) is 4.42. The summed E-state index contributed by atoms with van der Waals surface area (Å²) in [6.07, 6.45) is 2.23. The highest BCUT2D eigenvalue weighted by atomic mass is 79.9. The summed E-state index contributed by atoms with van der Waals surface area (Å²) in [7, 11) is 0. The van der Waals surface area contributed by atoms with Gasteiger partial charge in [0.2, 0.25) is 0 Å². The monoisotopic (exact) mass is 328 g/mol. The van der Waals surface area contributed by atoms with E-state index in [0.29, 0.717) is 18.4 Å². The summed E-state index contributed by atoms with van der Waals surface area (Å²) in [5, 5.41) is 11.1. The highest BCUT2D eigenvalue weighted by molar-refractivity contribution is 9.10. The van der Waals surface area contributed by atoms with Crippen molar-refractivity contribution in [2.45, 2.75) is 52.6 Å². The topological polar surface area (TPSA) is 20.2 Å². The van der Waals surface area contributed by atoms with Gasteiger partial charge in [0.05, 0.1) is 5.60 Å². The molecule has 0 spiro atoms. The first-order chi connectivity index (χ1) is 8.53. The molecule has 1 nitrogen and oxygen atoms in total. The van der Waals surface area contributed by atoms with Crippen molar-refractivity contribution < 1.29 is 9.50 Å². The molecule has 1 aromatic carbocycles. The molecular formula is C16H22BrFO. The third-order valence-electron chi connectivity index (χ3n) is 3.93. The molecule has 1 saturated carbocycles. The molecular weight excluding hydrogens is 307 g/mol. The van der Waals surface area contributed by atoms with E-state index in [1.165, 1.54) is 6.07 Å². The van der Waals surface area contributed by atoms with E-state index >= 15 is 0 Å². The van der Waals surface area contributed by atoms with Crippen molar-refractivity contribution in [2.75, 3.05) is 0 Å². The summed E-state index contributed by atoms with van der Waals surface area (Å²) in [6, 6.07) is 4.81. The fourth-order valence-corrected chi connectivity index (χ4v) is 4.47. The standard InChI is InChI=1S/C16H22BrFO/c1-14(2)8-15(3,4)10-16(19,9-14)12-7-11(17)5-6-13(12)18/h5-7,19H,8-10H2,1-4H3. The SMILES string of the molecule is CC1(C)CC(C)(C)CC(O)(c2cc(Br)ccc2F)C1. The van der Waals surface area contributed by atoms with Gasteiger partial charge < -0.3 is 5.11 Å². The van der Waals surface area contributed by atoms with Gasteiger partial charge in [0.15, 0.2) is 0 Å². The van der Waals surface area contributed by atoms with Crippen LogP contribution in [0.4, 0.5) is 4.39 Å². The Morgan fingerprint density at radius 3 is 2.11 bits per heavy atom. The summed E-state index contributed by atoms with van der Waals surface area (Å²) < 4.78 is 14.9. The van der Waals surface area contributed by atoms with Gasteiger partial charge in [-0.15, -0.1) is 0 Å².